The molecule has 0 amide bonds. The lowest BCUT2D eigenvalue weighted by molar-refractivity contribution is -0.173. The van der Waals surface area contributed by atoms with Gasteiger partial charge >= 0.3 is 11.9 Å². The van der Waals surface area contributed by atoms with Crippen molar-refractivity contribution >= 4 is 11.9 Å². The average Bonchev–Trinajstić information content (AvgIpc) is 2.95. The van der Waals surface area contributed by atoms with Crippen LogP contribution in [0, 0.1) is 5.41 Å². The van der Waals surface area contributed by atoms with Gasteiger partial charge in [0.1, 0.15) is 6.10 Å². The van der Waals surface area contributed by atoms with Gasteiger partial charge in [-0.2, -0.15) is 0 Å². The number of hydrogen-bond acceptors (Lipinski definition) is 5. The topological polar surface area (TPSA) is 61.8 Å². The fourth-order valence-corrected chi connectivity index (χ4v) is 2.72. The summed E-state index contributed by atoms with van der Waals surface area (Å²) in [6.45, 7) is 3.68. The Bertz CT molecular complexity index is 521. The summed E-state index contributed by atoms with van der Waals surface area (Å²) in [5.74, 6) is -1.32. The highest BCUT2D eigenvalue weighted by atomic mass is 16.6. The van der Waals surface area contributed by atoms with Crippen molar-refractivity contribution in [2.45, 2.75) is 18.6 Å². The Morgan fingerprint density at radius 3 is 2.29 bits per heavy atom. The van der Waals surface area contributed by atoms with Gasteiger partial charge < -0.3 is 14.2 Å². The molecule has 0 radical (unpaired) electrons. The van der Waals surface area contributed by atoms with Crippen LogP contribution in [-0.4, -0.2) is 32.3 Å². The summed E-state index contributed by atoms with van der Waals surface area (Å²) in [5, 5.41) is 0. The van der Waals surface area contributed by atoms with Crippen LogP contribution in [0.3, 0.4) is 0 Å². The summed E-state index contributed by atoms with van der Waals surface area (Å²) in [4.78, 5) is 24.7. The second-order valence-corrected chi connectivity index (χ2v) is 4.86. The fraction of sp³-hybridized carbons (Fsp3) is 0.375. The van der Waals surface area contributed by atoms with E-state index >= 15 is 0 Å². The zero-order valence-corrected chi connectivity index (χ0v) is 12.1. The van der Waals surface area contributed by atoms with Crippen molar-refractivity contribution in [2.75, 3.05) is 14.2 Å². The van der Waals surface area contributed by atoms with Gasteiger partial charge in [0, 0.05) is 6.42 Å². The Morgan fingerprint density at radius 1 is 1.24 bits per heavy atom. The minimum Gasteiger partial charge on any atom is -0.468 e. The first-order valence-corrected chi connectivity index (χ1v) is 6.60. The van der Waals surface area contributed by atoms with Crippen LogP contribution in [0.25, 0.3) is 0 Å². The number of benzene rings is 1. The van der Waals surface area contributed by atoms with E-state index in [2.05, 4.69) is 6.58 Å². The molecule has 0 saturated carbocycles. The molecule has 1 saturated heterocycles. The molecule has 1 aliphatic rings. The number of carbonyl (C=O) groups excluding carboxylic acids is 2. The number of methoxy groups -OCH3 is 2. The third-order valence-electron chi connectivity index (χ3n) is 3.75. The van der Waals surface area contributed by atoms with Crippen molar-refractivity contribution in [3.8, 4) is 0 Å². The molecule has 0 aliphatic carbocycles. The molecule has 0 aromatic heterocycles. The molecule has 1 aromatic rings. The second-order valence-electron chi connectivity index (χ2n) is 4.86. The van der Waals surface area contributed by atoms with Gasteiger partial charge in [0.25, 0.3) is 0 Å². The number of carbonyl (C=O) groups is 2. The van der Waals surface area contributed by atoms with Gasteiger partial charge in [0.05, 0.1) is 20.3 Å². The Hall–Kier alpha value is -2.14. The molecule has 1 heterocycles. The largest absolute Gasteiger partial charge is 0.468 e. The average molecular weight is 290 g/mol. The molecule has 1 fully saturated rings. The Labute approximate surface area is 123 Å². The van der Waals surface area contributed by atoms with Crippen LogP contribution in [-0.2, 0) is 23.8 Å². The maximum atomic E-state index is 12.3. The molecule has 5 heteroatoms. The first kappa shape index (κ1) is 15.3. The van der Waals surface area contributed by atoms with E-state index in [1.807, 2.05) is 18.2 Å². The maximum Gasteiger partial charge on any atom is 0.326 e. The molecule has 2 atom stereocenters. The Morgan fingerprint density at radius 2 is 1.81 bits per heavy atom. The van der Waals surface area contributed by atoms with Crippen LogP contribution < -0.4 is 0 Å². The van der Waals surface area contributed by atoms with Crippen LogP contribution in [0.5, 0.6) is 0 Å². The van der Waals surface area contributed by atoms with Crippen molar-refractivity contribution in [3.05, 3.63) is 48.6 Å². The van der Waals surface area contributed by atoms with E-state index in [0.717, 1.165) is 5.56 Å². The highest BCUT2D eigenvalue weighted by molar-refractivity contribution is 6.01. The number of esters is 2. The van der Waals surface area contributed by atoms with Crippen molar-refractivity contribution in [2.24, 2.45) is 5.41 Å². The molecule has 0 N–H and O–H groups in total. The summed E-state index contributed by atoms with van der Waals surface area (Å²) in [6, 6.07) is 9.09. The second kappa shape index (κ2) is 6.10. The molecule has 1 aliphatic heterocycles. The van der Waals surface area contributed by atoms with Gasteiger partial charge in [0.15, 0.2) is 5.41 Å². The van der Waals surface area contributed by atoms with Crippen molar-refractivity contribution in [3.63, 3.8) is 0 Å². The van der Waals surface area contributed by atoms with E-state index in [1.54, 1.807) is 18.2 Å². The van der Waals surface area contributed by atoms with E-state index in [4.69, 9.17) is 14.2 Å². The lowest BCUT2D eigenvalue weighted by Gasteiger charge is -2.28. The third kappa shape index (κ3) is 2.45. The number of rotatable bonds is 4. The first-order valence-electron chi connectivity index (χ1n) is 6.60. The zero-order chi connectivity index (χ0) is 15.5. The van der Waals surface area contributed by atoms with Gasteiger partial charge in [-0.15, -0.1) is 6.58 Å². The highest BCUT2D eigenvalue weighted by Gasteiger charge is 2.61. The van der Waals surface area contributed by atoms with E-state index in [0.29, 0.717) is 0 Å². The Balaban J connectivity index is 2.55. The van der Waals surface area contributed by atoms with Gasteiger partial charge in [0.2, 0.25) is 0 Å². The zero-order valence-electron chi connectivity index (χ0n) is 12.1. The summed E-state index contributed by atoms with van der Waals surface area (Å²) >= 11 is 0. The quantitative estimate of drug-likeness (QED) is 0.482. The van der Waals surface area contributed by atoms with Gasteiger partial charge in [-0.25, -0.2) is 0 Å². The summed E-state index contributed by atoms with van der Waals surface area (Å²) in [6.07, 6.45) is 0.536. The van der Waals surface area contributed by atoms with Gasteiger partial charge in [-0.1, -0.05) is 36.4 Å². The van der Waals surface area contributed by atoms with Crippen LogP contribution in [0.1, 0.15) is 18.1 Å². The predicted octanol–water partition coefficient (Wildman–Crippen LogP) is 2.04. The molecular weight excluding hydrogens is 272 g/mol. The maximum absolute atomic E-state index is 12.3. The van der Waals surface area contributed by atoms with E-state index in [-0.39, 0.29) is 6.42 Å². The molecule has 1 aromatic carbocycles. The normalized spacial score (nSPS) is 23.3. The van der Waals surface area contributed by atoms with Crippen LogP contribution in [0.4, 0.5) is 0 Å². The summed E-state index contributed by atoms with van der Waals surface area (Å²) in [7, 11) is 2.49. The van der Waals surface area contributed by atoms with Crippen molar-refractivity contribution in [1.82, 2.24) is 0 Å². The molecule has 0 unspecified atom stereocenters. The van der Waals surface area contributed by atoms with Crippen LogP contribution in [0.2, 0.25) is 0 Å². The van der Waals surface area contributed by atoms with Gasteiger partial charge in [-0.05, 0) is 5.56 Å². The van der Waals surface area contributed by atoms with E-state index in [1.165, 1.54) is 14.2 Å². The van der Waals surface area contributed by atoms with Crippen molar-refractivity contribution in [1.29, 1.82) is 0 Å². The molecule has 2 rings (SSSR count). The molecular formula is C16H18O5. The standard InChI is InChI=1S/C16H18O5/c1-4-12-10-16(14(17)19-2,15(18)20-3)13(21-12)11-8-6-5-7-9-11/h4-9,12-13H,1,10H2,2-3H3/t12-,13+/m0/s1. The van der Waals surface area contributed by atoms with Crippen molar-refractivity contribution < 1.29 is 23.8 Å². The highest BCUT2D eigenvalue weighted by Crippen LogP contribution is 2.50. The van der Waals surface area contributed by atoms with E-state index < -0.39 is 29.6 Å². The molecule has 21 heavy (non-hydrogen) atoms. The molecule has 0 spiro atoms. The SMILES string of the molecule is C=C[C@H]1CC(C(=O)OC)(C(=O)OC)[C@@H](c2ccccc2)O1. The van der Waals surface area contributed by atoms with E-state index in [9.17, 15) is 9.59 Å². The lowest BCUT2D eigenvalue weighted by Crippen LogP contribution is -2.43. The minimum absolute atomic E-state index is 0.148. The molecule has 112 valence electrons. The molecule has 0 bridgehead atoms. The monoisotopic (exact) mass is 290 g/mol. The van der Waals surface area contributed by atoms with Crippen LogP contribution in [0.15, 0.2) is 43.0 Å². The molecule has 5 nitrogen and oxygen atoms in total. The smallest absolute Gasteiger partial charge is 0.326 e. The summed E-state index contributed by atoms with van der Waals surface area (Å²) < 4.78 is 15.5. The number of hydrogen-bond donors (Lipinski definition) is 0. The lowest BCUT2D eigenvalue weighted by atomic mass is 9.77. The number of ether oxygens (including phenoxy) is 3. The first-order chi connectivity index (χ1) is 10.1. The predicted molar refractivity (Wildman–Crippen MR) is 75.3 cm³/mol. The Kier molecular flexibility index (Phi) is 4.43. The van der Waals surface area contributed by atoms with Crippen LogP contribution >= 0.6 is 0 Å². The summed E-state index contributed by atoms with van der Waals surface area (Å²) in [5.41, 5.74) is -0.790. The minimum atomic E-state index is -1.51. The van der Waals surface area contributed by atoms with Gasteiger partial charge in [-0.3, -0.25) is 9.59 Å². The third-order valence-corrected chi connectivity index (χ3v) is 3.75. The fourth-order valence-electron chi connectivity index (χ4n) is 2.72.